The van der Waals surface area contributed by atoms with Crippen LogP contribution >= 0.6 is 0 Å². The molecule has 1 aliphatic rings. The van der Waals surface area contributed by atoms with E-state index >= 15 is 0 Å². The number of hydrogen-bond donors (Lipinski definition) is 0. The van der Waals surface area contributed by atoms with Crippen molar-refractivity contribution < 1.29 is 19.1 Å². The third-order valence-corrected chi connectivity index (χ3v) is 3.05. The number of esters is 2. The molecule has 18 heavy (non-hydrogen) atoms. The number of carbonyl (C=O) groups is 2. The normalized spacial score (nSPS) is 20.8. The molecule has 1 aliphatic heterocycles. The zero-order valence-electron chi connectivity index (χ0n) is 11.7. The van der Waals surface area contributed by atoms with Crippen molar-refractivity contribution in [3.8, 4) is 0 Å². The van der Waals surface area contributed by atoms with Crippen molar-refractivity contribution >= 4 is 11.9 Å². The van der Waals surface area contributed by atoms with Crippen molar-refractivity contribution in [3.63, 3.8) is 0 Å². The van der Waals surface area contributed by atoms with Crippen molar-refractivity contribution in [2.45, 2.75) is 46.6 Å². The predicted octanol–water partition coefficient (Wildman–Crippen LogP) is 1.56. The van der Waals surface area contributed by atoms with Crippen LogP contribution in [-0.4, -0.2) is 42.8 Å². The molecule has 5 nitrogen and oxygen atoms in total. The van der Waals surface area contributed by atoms with Gasteiger partial charge in [0.05, 0.1) is 5.41 Å². The minimum Gasteiger partial charge on any atom is -0.427 e. The van der Waals surface area contributed by atoms with E-state index in [1.807, 2.05) is 6.92 Å². The SMILES string of the molecule is CCN1CCC[C@H]1C(=O)OCOC(=O)C(C)(C)C. The van der Waals surface area contributed by atoms with E-state index in [1.165, 1.54) is 0 Å². The molecule has 0 spiro atoms. The fourth-order valence-electron chi connectivity index (χ4n) is 1.93. The zero-order valence-corrected chi connectivity index (χ0v) is 11.7. The average molecular weight is 257 g/mol. The largest absolute Gasteiger partial charge is 0.427 e. The summed E-state index contributed by atoms with van der Waals surface area (Å²) in [6, 6.07) is -0.177. The lowest BCUT2D eigenvalue weighted by atomic mass is 9.98. The van der Waals surface area contributed by atoms with Gasteiger partial charge in [0.2, 0.25) is 6.79 Å². The zero-order chi connectivity index (χ0) is 13.8. The van der Waals surface area contributed by atoms with Crippen molar-refractivity contribution in [3.05, 3.63) is 0 Å². The monoisotopic (exact) mass is 257 g/mol. The summed E-state index contributed by atoms with van der Waals surface area (Å²) in [6.45, 7) is 8.76. The number of ether oxygens (including phenoxy) is 2. The Kier molecular flexibility index (Phi) is 5.14. The van der Waals surface area contributed by atoms with E-state index in [1.54, 1.807) is 20.8 Å². The van der Waals surface area contributed by atoms with Gasteiger partial charge in [-0.15, -0.1) is 0 Å². The van der Waals surface area contributed by atoms with Crippen LogP contribution in [0.3, 0.4) is 0 Å². The molecule has 104 valence electrons. The van der Waals surface area contributed by atoms with Gasteiger partial charge in [0.15, 0.2) is 0 Å². The topological polar surface area (TPSA) is 55.8 Å². The standard InChI is InChI=1S/C13H23NO4/c1-5-14-8-6-7-10(14)11(15)17-9-18-12(16)13(2,3)4/h10H,5-9H2,1-4H3/t10-/m0/s1. The number of carbonyl (C=O) groups excluding carboxylic acids is 2. The second kappa shape index (κ2) is 6.18. The Balaban J connectivity index is 2.31. The first kappa shape index (κ1) is 15.0. The van der Waals surface area contributed by atoms with Gasteiger partial charge in [-0.2, -0.15) is 0 Å². The summed E-state index contributed by atoms with van der Waals surface area (Å²) in [6.07, 6.45) is 1.83. The summed E-state index contributed by atoms with van der Waals surface area (Å²) in [5, 5.41) is 0. The fraction of sp³-hybridized carbons (Fsp3) is 0.846. The predicted molar refractivity (Wildman–Crippen MR) is 66.8 cm³/mol. The first-order valence-corrected chi connectivity index (χ1v) is 6.44. The number of likely N-dealkylation sites (N-methyl/N-ethyl adjacent to an activating group) is 1. The number of likely N-dealkylation sites (tertiary alicyclic amines) is 1. The molecule has 0 aromatic heterocycles. The molecule has 1 rings (SSSR count). The van der Waals surface area contributed by atoms with Crippen LogP contribution in [0, 0.1) is 5.41 Å². The molecular weight excluding hydrogens is 234 g/mol. The maximum Gasteiger partial charge on any atom is 0.326 e. The summed E-state index contributed by atoms with van der Waals surface area (Å²) in [7, 11) is 0. The van der Waals surface area contributed by atoms with E-state index in [0.717, 1.165) is 25.9 Å². The van der Waals surface area contributed by atoms with E-state index in [0.29, 0.717) is 0 Å². The molecule has 1 atom stereocenters. The molecule has 0 aromatic rings. The van der Waals surface area contributed by atoms with Crippen LogP contribution in [0.2, 0.25) is 0 Å². The maximum atomic E-state index is 11.8. The van der Waals surface area contributed by atoms with Gasteiger partial charge in [0, 0.05) is 0 Å². The van der Waals surface area contributed by atoms with Crippen molar-refractivity contribution in [2.75, 3.05) is 19.9 Å². The van der Waals surface area contributed by atoms with Gasteiger partial charge in [0.1, 0.15) is 6.04 Å². The minimum absolute atomic E-state index is 0.177. The van der Waals surface area contributed by atoms with E-state index in [-0.39, 0.29) is 24.8 Å². The molecule has 0 unspecified atom stereocenters. The van der Waals surface area contributed by atoms with Gasteiger partial charge >= 0.3 is 11.9 Å². The minimum atomic E-state index is -0.574. The van der Waals surface area contributed by atoms with Crippen LogP contribution in [0.15, 0.2) is 0 Å². The van der Waals surface area contributed by atoms with E-state index in [2.05, 4.69) is 4.90 Å². The van der Waals surface area contributed by atoms with Crippen LogP contribution in [0.25, 0.3) is 0 Å². The molecule has 1 saturated heterocycles. The molecule has 0 N–H and O–H groups in total. The molecule has 1 fully saturated rings. The van der Waals surface area contributed by atoms with Crippen LogP contribution in [0.5, 0.6) is 0 Å². The maximum absolute atomic E-state index is 11.8. The van der Waals surface area contributed by atoms with Gasteiger partial charge in [-0.25, -0.2) is 0 Å². The Morgan fingerprint density at radius 3 is 2.50 bits per heavy atom. The van der Waals surface area contributed by atoms with Crippen molar-refractivity contribution in [2.24, 2.45) is 5.41 Å². The summed E-state index contributed by atoms with van der Waals surface area (Å²) < 4.78 is 9.91. The van der Waals surface area contributed by atoms with Crippen LogP contribution in [0.1, 0.15) is 40.5 Å². The molecule has 0 amide bonds. The Labute approximate surface area is 108 Å². The average Bonchev–Trinajstić information content (AvgIpc) is 2.75. The summed E-state index contributed by atoms with van der Waals surface area (Å²) >= 11 is 0. The number of rotatable bonds is 4. The highest BCUT2D eigenvalue weighted by molar-refractivity contribution is 5.77. The smallest absolute Gasteiger partial charge is 0.326 e. The number of nitrogens with zero attached hydrogens (tertiary/aromatic N) is 1. The molecule has 0 aliphatic carbocycles. The lowest BCUT2D eigenvalue weighted by molar-refractivity contribution is -0.175. The molecular formula is C13H23NO4. The number of hydrogen-bond acceptors (Lipinski definition) is 5. The first-order chi connectivity index (χ1) is 8.36. The highest BCUT2D eigenvalue weighted by Crippen LogP contribution is 2.18. The molecule has 0 aromatic carbocycles. The Morgan fingerprint density at radius 2 is 1.94 bits per heavy atom. The van der Waals surface area contributed by atoms with Crippen LogP contribution in [-0.2, 0) is 19.1 Å². The van der Waals surface area contributed by atoms with Crippen LogP contribution in [0.4, 0.5) is 0 Å². The third kappa shape index (κ3) is 3.98. The summed E-state index contributed by atoms with van der Waals surface area (Å²) in [5.74, 6) is -0.662. The van der Waals surface area contributed by atoms with Gasteiger partial charge in [-0.1, -0.05) is 6.92 Å². The van der Waals surface area contributed by atoms with Crippen molar-refractivity contribution in [1.29, 1.82) is 0 Å². The Morgan fingerprint density at radius 1 is 1.28 bits per heavy atom. The second-order valence-corrected chi connectivity index (χ2v) is 5.55. The van der Waals surface area contributed by atoms with Gasteiger partial charge in [-0.05, 0) is 46.7 Å². The molecule has 0 saturated carbocycles. The molecule has 0 radical (unpaired) electrons. The lowest BCUT2D eigenvalue weighted by Crippen LogP contribution is -2.37. The summed E-state index contributed by atoms with van der Waals surface area (Å²) in [5.41, 5.74) is -0.574. The Bertz CT molecular complexity index is 309. The highest BCUT2D eigenvalue weighted by atomic mass is 16.7. The van der Waals surface area contributed by atoms with Gasteiger partial charge in [0.25, 0.3) is 0 Å². The van der Waals surface area contributed by atoms with E-state index in [9.17, 15) is 9.59 Å². The van der Waals surface area contributed by atoms with Crippen molar-refractivity contribution in [1.82, 2.24) is 4.90 Å². The van der Waals surface area contributed by atoms with E-state index < -0.39 is 5.41 Å². The second-order valence-electron chi connectivity index (χ2n) is 5.55. The Hall–Kier alpha value is -1.10. The molecule has 5 heteroatoms. The fourth-order valence-corrected chi connectivity index (χ4v) is 1.93. The van der Waals surface area contributed by atoms with Gasteiger partial charge in [-0.3, -0.25) is 14.5 Å². The summed E-state index contributed by atoms with van der Waals surface area (Å²) in [4.78, 5) is 25.3. The molecule has 0 bridgehead atoms. The van der Waals surface area contributed by atoms with Crippen LogP contribution < -0.4 is 0 Å². The highest BCUT2D eigenvalue weighted by Gasteiger charge is 2.31. The first-order valence-electron chi connectivity index (χ1n) is 6.44. The van der Waals surface area contributed by atoms with E-state index in [4.69, 9.17) is 9.47 Å². The quantitative estimate of drug-likeness (QED) is 0.565. The molecule has 1 heterocycles. The van der Waals surface area contributed by atoms with Gasteiger partial charge < -0.3 is 9.47 Å². The lowest BCUT2D eigenvalue weighted by Gasteiger charge is -2.21. The third-order valence-electron chi connectivity index (χ3n) is 3.05.